The van der Waals surface area contributed by atoms with Gasteiger partial charge in [0.1, 0.15) is 0 Å². The Kier molecular flexibility index (Phi) is 4.54. The molecule has 0 bridgehead atoms. The van der Waals surface area contributed by atoms with Crippen molar-refractivity contribution in [2.75, 3.05) is 0 Å². The molecule has 1 amide bonds. The average molecular weight is 156 g/mol. The molecule has 0 aromatic heterocycles. The predicted molar refractivity (Wildman–Crippen MR) is 45.8 cm³/mol. The molecule has 64 valence electrons. The van der Waals surface area contributed by atoms with Crippen molar-refractivity contribution in [2.24, 2.45) is 11.5 Å². The number of primary amides is 1. The quantitative estimate of drug-likeness (QED) is 0.583. The number of carbonyl (C=O) groups is 1. The lowest BCUT2D eigenvalue weighted by molar-refractivity contribution is -0.118. The number of rotatable bonds is 4. The number of carbonyl (C=O) groups excluding carboxylic acids is 1. The Labute approximate surface area is 67.4 Å². The van der Waals surface area contributed by atoms with E-state index < -0.39 is 0 Å². The van der Waals surface area contributed by atoms with E-state index >= 15 is 0 Å². The molecule has 0 heterocycles. The average Bonchev–Trinajstić information content (AvgIpc) is 1.88. The lowest BCUT2D eigenvalue weighted by Gasteiger charge is -2.11. The van der Waals surface area contributed by atoms with Crippen molar-refractivity contribution in [3.05, 3.63) is 11.6 Å². The maximum absolute atomic E-state index is 10.5. The Morgan fingerprint density at radius 2 is 2.18 bits per heavy atom. The third-order valence-corrected chi connectivity index (χ3v) is 1.68. The second-order valence-electron chi connectivity index (χ2n) is 2.49. The van der Waals surface area contributed by atoms with E-state index in [0.717, 1.165) is 12.0 Å². The van der Waals surface area contributed by atoms with Gasteiger partial charge in [-0.2, -0.15) is 0 Å². The summed E-state index contributed by atoms with van der Waals surface area (Å²) in [6, 6.07) is -0.192. The van der Waals surface area contributed by atoms with Gasteiger partial charge in [-0.05, 0) is 13.3 Å². The SMILES string of the molecule is C/C=C(\CC)C(N)CC(N)=O. The number of hydrogen-bond acceptors (Lipinski definition) is 2. The van der Waals surface area contributed by atoms with E-state index in [0.29, 0.717) is 0 Å². The fourth-order valence-electron chi connectivity index (χ4n) is 1.03. The molecule has 4 N–H and O–H groups in total. The van der Waals surface area contributed by atoms with E-state index in [1.54, 1.807) is 0 Å². The number of amides is 1. The summed E-state index contributed by atoms with van der Waals surface area (Å²) >= 11 is 0. The van der Waals surface area contributed by atoms with E-state index in [9.17, 15) is 4.79 Å². The predicted octanol–water partition coefficient (Wildman–Crippen LogP) is 0.545. The van der Waals surface area contributed by atoms with E-state index in [2.05, 4.69) is 0 Å². The maximum Gasteiger partial charge on any atom is 0.219 e. The minimum atomic E-state index is -0.342. The highest BCUT2D eigenvalue weighted by molar-refractivity contribution is 5.74. The van der Waals surface area contributed by atoms with E-state index in [4.69, 9.17) is 11.5 Å². The molecule has 0 aliphatic carbocycles. The lowest BCUT2D eigenvalue weighted by Crippen LogP contribution is -2.29. The van der Waals surface area contributed by atoms with Crippen LogP contribution in [0.3, 0.4) is 0 Å². The molecule has 0 fully saturated rings. The van der Waals surface area contributed by atoms with Crippen molar-refractivity contribution in [1.82, 2.24) is 0 Å². The molecule has 0 rings (SSSR count). The summed E-state index contributed by atoms with van der Waals surface area (Å²) in [4.78, 5) is 10.5. The number of nitrogens with two attached hydrogens (primary N) is 2. The largest absolute Gasteiger partial charge is 0.370 e. The van der Waals surface area contributed by atoms with Crippen LogP contribution >= 0.6 is 0 Å². The molecule has 1 atom stereocenters. The Morgan fingerprint density at radius 3 is 2.45 bits per heavy atom. The first-order valence-corrected chi connectivity index (χ1v) is 3.80. The van der Waals surface area contributed by atoms with Crippen molar-refractivity contribution in [3.8, 4) is 0 Å². The van der Waals surface area contributed by atoms with Gasteiger partial charge >= 0.3 is 0 Å². The third kappa shape index (κ3) is 3.78. The van der Waals surface area contributed by atoms with Crippen molar-refractivity contribution >= 4 is 5.91 Å². The highest BCUT2D eigenvalue weighted by Crippen LogP contribution is 2.07. The monoisotopic (exact) mass is 156 g/mol. The highest BCUT2D eigenvalue weighted by atomic mass is 16.1. The fourth-order valence-corrected chi connectivity index (χ4v) is 1.03. The molecule has 0 aliphatic heterocycles. The van der Waals surface area contributed by atoms with Crippen LogP contribution in [0.5, 0.6) is 0 Å². The van der Waals surface area contributed by atoms with Gasteiger partial charge in [-0.25, -0.2) is 0 Å². The van der Waals surface area contributed by atoms with Crippen molar-refractivity contribution in [2.45, 2.75) is 32.7 Å². The maximum atomic E-state index is 10.5. The fraction of sp³-hybridized carbons (Fsp3) is 0.625. The number of hydrogen-bond donors (Lipinski definition) is 2. The van der Waals surface area contributed by atoms with Gasteiger partial charge in [-0.1, -0.05) is 18.6 Å². The normalized spacial score (nSPS) is 14.6. The number of allylic oxidation sites excluding steroid dienone is 1. The van der Waals surface area contributed by atoms with Gasteiger partial charge in [0.2, 0.25) is 5.91 Å². The van der Waals surface area contributed by atoms with E-state index in [-0.39, 0.29) is 18.4 Å². The van der Waals surface area contributed by atoms with Crippen LogP contribution in [0, 0.1) is 0 Å². The molecular formula is C8H16N2O. The van der Waals surface area contributed by atoms with Crippen LogP contribution in [0.1, 0.15) is 26.7 Å². The molecule has 0 saturated carbocycles. The molecule has 0 aromatic rings. The zero-order valence-corrected chi connectivity index (χ0v) is 7.13. The minimum absolute atomic E-state index is 0.192. The summed E-state index contributed by atoms with van der Waals surface area (Å²) in [5.74, 6) is -0.342. The Bertz CT molecular complexity index is 163. The Hall–Kier alpha value is -0.830. The van der Waals surface area contributed by atoms with Gasteiger partial charge in [0, 0.05) is 12.5 Å². The van der Waals surface area contributed by atoms with Crippen molar-refractivity contribution in [3.63, 3.8) is 0 Å². The standard InChI is InChI=1S/C8H16N2O/c1-3-6(4-2)7(9)5-8(10)11/h3,7H,4-5,9H2,1-2H3,(H2,10,11)/b6-3+. The van der Waals surface area contributed by atoms with Gasteiger partial charge in [0.15, 0.2) is 0 Å². The molecule has 0 saturated heterocycles. The minimum Gasteiger partial charge on any atom is -0.370 e. The molecular weight excluding hydrogens is 140 g/mol. The molecule has 0 spiro atoms. The van der Waals surface area contributed by atoms with Crippen LogP contribution in [-0.2, 0) is 4.79 Å². The Balaban J connectivity index is 4.00. The molecule has 0 aliphatic rings. The first kappa shape index (κ1) is 10.2. The Morgan fingerprint density at radius 1 is 1.64 bits per heavy atom. The van der Waals surface area contributed by atoms with Crippen LogP contribution in [-0.4, -0.2) is 11.9 Å². The second kappa shape index (κ2) is 4.91. The summed E-state index contributed by atoms with van der Waals surface area (Å²) in [6.07, 6.45) is 3.06. The highest BCUT2D eigenvalue weighted by Gasteiger charge is 2.08. The first-order valence-electron chi connectivity index (χ1n) is 3.80. The zero-order chi connectivity index (χ0) is 8.85. The molecule has 1 unspecified atom stereocenters. The van der Waals surface area contributed by atoms with Crippen LogP contribution in [0.25, 0.3) is 0 Å². The summed E-state index contributed by atoms with van der Waals surface area (Å²) in [6.45, 7) is 3.93. The molecule has 3 nitrogen and oxygen atoms in total. The van der Waals surface area contributed by atoms with Crippen LogP contribution in [0.4, 0.5) is 0 Å². The van der Waals surface area contributed by atoms with Gasteiger partial charge in [-0.15, -0.1) is 0 Å². The van der Waals surface area contributed by atoms with Gasteiger partial charge in [-0.3, -0.25) is 4.79 Å². The van der Waals surface area contributed by atoms with E-state index in [1.807, 2.05) is 19.9 Å². The summed E-state index contributed by atoms with van der Waals surface area (Å²) in [7, 11) is 0. The topological polar surface area (TPSA) is 69.1 Å². The molecule has 0 aromatic carbocycles. The zero-order valence-electron chi connectivity index (χ0n) is 7.13. The lowest BCUT2D eigenvalue weighted by atomic mass is 10.0. The van der Waals surface area contributed by atoms with Crippen molar-refractivity contribution < 1.29 is 4.79 Å². The van der Waals surface area contributed by atoms with Crippen molar-refractivity contribution in [1.29, 1.82) is 0 Å². The summed E-state index contributed by atoms with van der Waals surface area (Å²) < 4.78 is 0. The van der Waals surface area contributed by atoms with Gasteiger partial charge < -0.3 is 11.5 Å². The molecule has 0 radical (unpaired) electrons. The smallest absolute Gasteiger partial charge is 0.219 e. The van der Waals surface area contributed by atoms with Gasteiger partial charge in [0.25, 0.3) is 0 Å². The van der Waals surface area contributed by atoms with Crippen LogP contribution in [0.2, 0.25) is 0 Å². The van der Waals surface area contributed by atoms with E-state index in [1.165, 1.54) is 0 Å². The third-order valence-electron chi connectivity index (χ3n) is 1.68. The molecule has 11 heavy (non-hydrogen) atoms. The summed E-state index contributed by atoms with van der Waals surface area (Å²) in [5, 5.41) is 0. The van der Waals surface area contributed by atoms with Gasteiger partial charge in [0.05, 0.1) is 0 Å². The van der Waals surface area contributed by atoms with Crippen LogP contribution in [0.15, 0.2) is 11.6 Å². The molecule has 3 heteroatoms. The summed E-state index contributed by atoms with van der Waals surface area (Å²) in [5.41, 5.74) is 11.8. The first-order chi connectivity index (χ1) is 5.11. The second-order valence-corrected chi connectivity index (χ2v) is 2.49. The van der Waals surface area contributed by atoms with Crippen LogP contribution < -0.4 is 11.5 Å².